The number of pyridine rings is 1. The topological polar surface area (TPSA) is 131 Å². The highest BCUT2D eigenvalue weighted by molar-refractivity contribution is 6.00. The minimum atomic E-state index is -0.454. The molecule has 3 amide bonds. The van der Waals surface area contributed by atoms with E-state index < -0.39 is 6.03 Å². The van der Waals surface area contributed by atoms with Crippen LogP contribution in [0, 0.1) is 17.2 Å². The lowest BCUT2D eigenvalue weighted by Crippen LogP contribution is -2.47. The van der Waals surface area contributed by atoms with Crippen molar-refractivity contribution in [3.63, 3.8) is 0 Å². The Balaban J connectivity index is 1.55. The Labute approximate surface area is 240 Å². The van der Waals surface area contributed by atoms with Gasteiger partial charge in [-0.05, 0) is 74.1 Å². The lowest BCUT2D eigenvalue weighted by Gasteiger charge is -2.34. The Hall–Kier alpha value is -4.46. The second-order valence-electron chi connectivity index (χ2n) is 10.5. The fourth-order valence-electron chi connectivity index (χ4n) is 4.82. The Bertz CT molecular complexity index is 1380. The number of hydrogen-bond donors (Lipinski definition) is 3. The summed E-state index contributed by atoms with van der Waals surface area (Å²) < 4.78 is 6.57. The van der Waals surface area contributed by atoms with Crippen LogP contribution in [0.25, 0.3) is 0 Å². The molecule has 1 aliphatic heterocycles. The van der Waals surface area contributed by atoms with Crippen LogP contribution in [0.15, 0.2) is 67.0 Å². The van der Waals surface area contributed by atoms with Crippen molar-refractivity contribution in [2.75, 3.05) is 37.4 Å². The van der Waals surface area contributed by atoms with Crippen molar-refractivity contribution in [3.8, 4) is 11.8 Å². The molecule has 3 N–H and O–H groups in total. The molecule has 0 fully saturated rings. The molecule has 3 atom stereocenters. The number of likely N-dealkylation sites (N-methyl/N-ethyl adjacent to an activating group) is 1. The molecule has 2 heterocycles. The van der Waals surface area contributed by atoms with Gasteiger partial charge in [-0.2, -0.15) is 5.26 Å². The molecule has 0 saturated carbocycles. The fraction of sp³-hybridized carbons (Fsp3) is 0.355. The van der Waals surface area contributed by atoms with Crippen molar-refractivity contribution in [2.45, 2.75) is 39.0 Å². The number of nitriles is 1. The van der Waals surface area contributed by atoms with E-state index in [9.17, 15) is 14.7 Å². The van der Waals surface area contributed by atoms with E-state index in [2.05, 4.69) is 27.4 Å². The number of carbonyl (C=O) groups is 2. The number of nitrogens with one attached hydrogen (secondary N) is 2. The number of amides is 3. The van der Waals surface area contributed by atoms with Gasteiger partial charge in [0.05, 0.1) is 30.7 Å². The zero-order valence-electron chi connectivity index (χ0n) is 23.6. The molecule has 0 bridgehead atoms. The molecule has 2 aromatic carbocycles. The smallest absolute Gasteiger partial charge is 0.323 e. The number of urea groups is 1. The van der Waals surface area contributed by atoms with Gasteiger partial charge in [-0.1, -0.05) is 6.92 Å². The first-order valence-electron chi connectivity index (χ1n) is 13.6. The van der Waals surface area contributed by atoms with Gasteiger partial charge in [-0.15, -0.1) is 0 Å². The molecule has 41 heavy (non-hydrogen) atoms. The summed E-state index contributed by atoms with van der Waals surface area (Å²) in [6.07, 6.45) is 3.38. The summed E-state index contributed by atoms with van der Waals surface area (Å²) in [5, 5.41) is 24.4. The normalized spacial score (nSPS) is 17.8. The maximum Gasteiger partial charge on any atom is 0.323 e. The van der Waals surface area contributed by atoms with E-state index in [0.717, 1.165) is 12.1 Å². The largest absolute Gasteiger partial charge is 0.488 e. The van der Waals surface area contributed by atoms with Crippen LogP contribution in [0.4, 0.5) is 16.2 Å². The molecular formula is C31H36N6O4. The van der Waals surface area contributed by atoms with Gasteiger partial charge in [0.1, 0.15) is 11.9 Å². The number of ether oxygens (including phenoxy) is 1. The Morgan fingerprint density at radius 3 is 2.54 bits per heavy atom. The second-order valence-corrected chi connectivity index (χ2v) is 10.5. The summed E-state index contributed by atoms with van der Waals surface area (Å²) in [5.74, 6) is 0.451. The number of hydrogen-bond acceptors (Lipinski definition) is 7. The van der Waals surface area contributed by atoms with Gasteiger partial charge in [0.2, 0.25) is 5.91 Å². The molecule has 0 aliphatic carbocycles. The molecule has 1 aliphatic rings. The second kappa shape index (κ2) is 13.7. The van der Waals surface area contributed by atoms with Crippen molar-refractivity contribution in [1.82, 2.24) is 14.8 Å². The third-order valence-electron chi connectivity index (χ3n) is 7.14. The highest BCUT2D eigenvalue weighted by atomic mass is 16.5. The third kappa shape index (κ3) is 8.03. The van der Waals surface area contributed by atoms with Gasteiger partial charge in [-0.25, -0.2) is 4.79 Å². The van der Waals surface area contributed by atoms with E-state index in [4.69, 9.17) is 10.00 Å². The van der Waals surface area contributed by atoms with E-state index in [1.807, 2.05) is 32.2 Å². The first-order chi connectivity index (χ1) is 19.7. The van der Waals surface area contributed by atoms with Crippen LogP contribution in [0.5, 0.6) is 5.75 Å². The summed E-state index contributed by atoms with van der Waals surface area (Å²) in [6, 6.07) is 17.0. The maximum absolute atomic E-state index is 13.4. The summed E-state index contributed by atoms with van der Waals surface area (Å²) in [7, 11) is 2.03. The first-order valence-corrected chi connectivity index (χ1v) is 13.6. The molecule has 0 saturated heterocycles. The number of aliphatic hydroxyl groups is 1. The van der Waals surface area contributed by atoms with Crippen molar-refractivity contribution in [3.05, 3.63) is 83.7 Å². The Morgan fingerprint density at radius 2 is 1.85 bits per heavy atom. The Kier molecular flexibility index (Phi) is 9.90. The van der Waals surface area contributed by atoms with Crippen LogP contribution in [0.2, 0.25) is 0 Å². The highest BCUT2D eigenvalue weighted by Gasteiger charge is 2.31. The van der Waals surface area contributed by atoms with Crippen molar-refractivity contribution < 1.29 is 19.4 Å². The number of aromatic nitrogens is 1. The molecule has 10 heteroatoms. The summed E-state index contributed by atoms with van der Waals surface area (Å²) in [4.78, 5) is 34.1. The third-order valence-corrected chi connectivity index (χ3v) is 7.14. The fourth-order valence-corrected chi connectivity index (χ4v) is 4.82. The molecule has 1 aromatic heterocycles. The number of aliphatic hydroxyl groups excluding tert-OH is 1. The van der Waals surface area contributed by atoms with Crippen LogP contribution < -0.4 is 15.4 Å². The minimum absolute atomic E-state index is 0.0187. The van der Waals surface area contributed by atoms with Crippen molar-refractivity contribution in [2.24, 2.45) is 5.92 Å². The van der Waals surface area contributed by atoms with Crippen molar-refractivity contribution in [1.29, 1.82) is 5.26 Å². The van der Waals surface area contributed by atoms with Crippen LogP contribution in [-0.4, -0.2) is 70.7 Å². The van der Waals surface area contributed by atoms with Gasteiger partial charge in [0.15, 0.2) is 0 Å². The number of nitrogens with zero attached hydrogens (tertiary/aromatic N) is 4. The summed E-state index contributed by atoms with van der Waals surface area (Å²) >= 11 is 0. The van der Waals surface area contributed by atoms with Gasteiger partial charge >= 0.3 is 6.03 Å². The highest BCUT2D eigenvalue weighted by Crippen LogP contribution is 2.29. The van der Waals surface area contributed by atoms with Crippen LogP contribution in [0.1, 0.15) is 30.5 Å². The minimum Gasteiger partial charge on any atom is -0.488 e. The summed E-state index contributed by atoms with van der Waals surface area (Å²) in [5.41, 5.74) is 3.34. The van der Waals surface area contributed by atoms with Gasteiger partial charge in [0.25, 0.3) is 0 Å². The maximum atomic E-state index is 13.4. The molecule has 10 nitrogen and oxygen atoms in total. The number of benzene rings is 2. The number of anilines is 2. The molecule has 0 spiro atoms. The van der Waals surface area contributed by atoms with E-state index in [-0.39, 0.29) is 37.0 Å². The average Bonchev–Trinajstić information content (AvgIpc) is 3.01. The van der Waals surface area contributed by atoms with Crippen LogP contribution >= 0.6 is 0 Å². The number of fused-ring (bicyclic) bond motifs is 1. The van der Waals surface area contributed by atoms with Gasteiger partial charge in [0, 0.05) is 54.9 Å². The average molecular weight is 557 g/mol. The van der Waals surface area contributed by atoms with Gasteiger partial charge in [-0.3, -0.25) is 14.7 Å². The quantitative estimate of drug-likeness (QED) is 0.384. The zero-order valence-corrected chi connectivity index (χ0v) is 23.6. The molecule has 214 valence electrons. The molecular weight excluding hydrogens is 520 g/mol. The van der Waals surface area contributed by atoms with Crippen molar-refractivity contribution >= 4 is 23.3 Å². The predicted molar refractivity (Wildman–Crippen MR) is 156 cm³/mol. The molecule has 4 rings (SSSR count). The van der Waals surface area contributed by atoms with Gasteiger partial charge < -0.3 is 25.4 Å². The lowest BCUT2D eigenvalue weighted by molar-refractivity contribution is -0.134. The van der Waals surface area contributed by atoms with E-state index in [1.54, 1.807) is 59.8 Å². The predicted octanol–water partition coefficient (Wildman–Crippen LogP) is 3.88. The lowest BCUT2D eigenvalue weighted by atomic mass is 10.0. The molecule has 0 radical (unpaired) electrons. The van der Waals surface area contributed by atoms with E-state index >= 15 is 0 Å². The summed E-state index contributed by atoms with van der Waals surface area (Å²) in [6.45, 7) is 5.53. The van der Waals surface area contributed by atoms with Crippen LogP contribution in [-0.2, 0) is 17.8 Å². The first kappa shape index (κ1) is 29.5. The standard InChI is InChI=1S/C31H36N6O4/c1-21-17-37(22(2)20-38)30(39)15-25-14-27(35-31(40)34-26-6-4-23(16-32)5-7-26)8-9-28(25)41-29(21)19-36(3)18-24-10-12-33-13-11-24/h4-14,21-22,29,38H,15,17-20H2,1-3H3,(H2,34,35,40)/t21?,22-,29-/m0/s1. The zero-order chi connectivity index (χ0) is 29.4. The molecule has 3 aromatic rings. The van der Waals surface area contributed by atoms with Crippen LogP contribution in [0.3, 0.4) is 0 Å². The van der Waals surface area contributed by atoms with E-state index in [0.29, 0.717) is 41.3 Å². The monoisotopic (exact) mass is 556 g/mol. The SMILES string of the molecule is CC1CN([C@@H](C)CO)C(=O)Cc2cc(NC(=O)Nc3ccc(C#N)cc3)ccc2O[C@H]1CN(C)Cc1ccncc1. The number of rotatable bonds is 8. The van der Waals surface area contributed by atoms with E-state index in [1.165, 1.54) is 0 Å². The molecule has 1 unspecified atom stereocenters. The Morgan fingerprint density at radius 1 is 1.17 bits per heavy atom. The number of carbonyl (C=O) groups excluding carboxylic acids is 2.